The molecule has 0 bridgehead atoms. The van der Waals surface area contributed by atoms with E-state index < -0.39 is 12.0 Å². The zero-order chi connectivity index (χ0) is 18.8. The molecule has 0 N–H and O–H groups in total. The van der Waals surface area contributed by atoms with Crippen LogP contribution in [0.25, 0.3) is 0 Å². The highest BCUT2D eigenvalue weighted by Gasteiger charge is 2.47. The predicted octanol–water partition coefficient (Wildman–Crippen LogP) is 3.76. The molecule has 0 spiro atoms. The second kappa shape index (κ2) is 7.50. The number of aryl methyl sites for hydroxylation is 1. The predicted molar refractivity (Wildman–Crippen MR) is 104 cm³/mol. The average molecular weight is 370 g/mol. The van der Waals surface area contributed by atoms with E-state index in [2.05, 4.69) is 11.6 Å². The van der Waals surface area contributed by atoms with E-state index in [9.17, 15) is 9.59 Å². The first-order valence-corrected chi connectivity index (χ1v) is 9.49. The second-order valence-electron chi connectivity index (χ2n) is 6.32. The van der Waals surface area contributed by atoms with Crippen LogP contribution in [0.4, 0.5) is 0 Å². The van der Waals surface area contributed by atoms with Crippen molar-refractivity contribution in [1.29, 1.82) is 0 Å². The van der Waals surface area contributed by atoms with E-state index in [0.717, 1.165) is 17.5 Å². The van der Waals surface area contributed by atoms with Crippen LogP contribution in [0.5, 0.6) is 0 Å². The number of ether oxygens (including phenoxy) is 1. The van der Waals surface area contributed by atoms with Gasteiger partial charge < -0.3 is 4.74 Å². The molecule has 1 saturated heterocycles. The summed E-state index contributed by atoms with van der Waals surface area (Å²) in [5, 5.41) is 0.489. The first-order valence-electron chi connectivity index (χ1n) is 8.61. The fraction of sp³-hybridized carbons (Fsp3) is 0.350. The lowest BCUT2D eigenvalue weighted by Gasteiger charge is -2.33. The number of hydrogen-bond donors (Lipinski definition) is 0. The monoisotopic (exact) mass is 370 g/mol. The molecule has 3 rings (SSSR count). The number of hydrogen-bond acceptors (Lipinski definition) is 5. The Bertz CT molecular complexity index is 811. The minimum Gasteiger partial charge on any atom is -0.458 e. The van der Waals surface area contributed by atoms with Crippen LogP contribution in [-0.4, -0.2) is 33.8 Å². The first-order chi connectivity index (χ1) is 12.5. The van der Waals surface area contributed by atoms with Gasteiger partial charge >= 0.3 is 5.97 Å². The van der Waals surface area contributed by atoms with Gasteiger partial charge in [-0.15, -0.1) is 0 Å². The molecule has 2 heterocycles. The first kappa shape index (κ1) is 18.5. The maximum Gasteiger partial charge on any atom is 0.338 e. The summed E-state index contributed by atoms with van der Waals surface area (Å²) in [4.78, 5) is 31.9. The van der Waals surface area contributed by atoms with E-state index in [0.29, 0.717) is 16.4 Å². The van der Waals surface area contributed by atoms with Crippen molar-refractivity contribution >= 4 is 28.8 Å². The van der Waals surface area contributed by atoms with Crippen LogP contribution >= 0.6 is 11.8 Å². The topological polar surface area (TPSA) is 59.0 Å². The number of fused-ring (bicyclic) bond motifs is 1. The summed E-state index contributed by atoms with van der Waals surface area (Å²) in [6.45, 7) is 9.47. The van der Waals surface area contributed by atoms with Crippen LogP contribution in [-0.2, 0) is 14.3 Å². The molecule has 0 unspecified atom stereocenters. The fourth-order valence-electron chi connectivity index (χ4n) is 3.13. The third kappa shape index (κ3) is 3.21. The van der Waals surface area contributed by atoms with Crippen molar-refractivity contribution in [2.24, 2.45) is 4.99 Å². The van der Waals surface area contributed by atoms with Crippen molar-refractivity contribution in [1.82, 2.24) is 4.90 Å². The smallest absolute Gasteiger partial charge is 0.338 e. The number of rotatable bonds is 5. The lowest BCUT2D eigenvalue weighted by atomic mass is 9.93. The number of thioether (sulfide) groups is 1. The minimum absolute atomic E-state index is 0.0108. The zero-order valence-corrected chi connectivity index (χ0v) is 16.0. The van der Waals surface area contributed by atoms with Gasteiger partial charge in [0.25, 0.3) is 0 Å². The number of amidine groups is 1. The maximum absolute atomic E-state index is 12.9. The fourth-order valence-corrected chi connectivity index (χ4v) is 4.26. The number of amides is 1. The number of nitrogens with zero attached hydrogens (tertiary/aromatic N) is 2. The molecule has 1 amide bonds. The number of carbonyl (C=O) groups is 2. The van der Waals surface area contributed by atoms with Gasteiger partial charge in [-0.1, -0.05) is 61.2 Å². The Morgan fingerprint density at radius 1 is 1.35 bits per heavy atom. The summed E-state index contributed by atoms with van der Waals surface area (Å²) in [6, 6.07) is 7.35. The van der Waals surface area contributed by atoms with E-state index in [1.807, 2.05) is 38.1 Å². The molecule has 6 heteroatoms. The van der Waals surface area contributed by atoms with E-state index in [-0.39, 0.29) is 17.8 Å². The van der Waals surface area contributed by atoms with Gasteiger partial charge in [0, 0.05) is 0 Å². The summed E-state index contributed by atoms with van der Waals surface area (Å²) in [5.74, 6) is -0.475. The number of benzene rings is 1. The molecular formula is C20H22N2O3S. The van der Waals surface area contributed by atoms with Crippen LogP contribution in [0.15, 0.2) is 53.2 Å². The summed E-state index contributed by atoms with van der Waals surface area (Å²) >= 11 is 1.46. The van der Waals surface area contributed by atoms with Crippen molar-refractivity contribution in [2.75, 3.05) is 6.61 Å². The van der Waals surface area contributed by atoms with E-state index >= 15 is 0 Å². The Labute approximate surface area is 157 Å². The molecule has 0 aromatic heterocycles. The van der Waals surface area contributed by atoms with Crippen LogP contribution < -0.4 is 0 Å². The molecule has 5 nitrogen and oxygen atoms in total. The lowest BCUT2D eigenvalue weighted by molar-refractivity contribution is -0.139. The Morgan fingerprint density at radius 2 is 2.04 bits per heavy atom. The molecule has 1 fully saturated rings. The molecule has 1 aromatic rings. The van der Waals surface area contributed by atoms with Crippen LogP contribution in [0, 0.1) is 6.92 Å². The molecule has 0 saturated carbocycles. The molecule has 2 aliphatic rings. The Hall–Kier alpha value is -2.34. The molecule has 0 radical (unpaired) electrons. The van der Waals surface area contributed by atoms with E-state index in [4.69, 9.17) is 4.74 Å². The Morgan fingerprint density at radius 3 is 2.65 bits per heavy atom. The lowest BCUT2D eigenvalue weighted by Crippen LogP contribution is -2.40. The highest BCUT2D eigenvalue weighted by Crippen LogP contribution is 2.44. The van der Waals surface area contributed by atoms with Gasteiger partial charge in [-0.25, -0.2) is 9.79 Å². The average Bonchev–Trinajstić information content (AvgIpc) is 2.94. The largest absolute Gasteiger partial charge is 0.458 e. The van der Waals surface area contributed by atoms with Gasteiger partial charge in [-0.2, -0.15) is 0 Å². The molecule has 0 aliphatic carbocycles. The number of aliphatic imine (C=N–C) groups is 1. The number of allylic oxidation sites excluding steroid dienone is 1. The molecule has 1 aromatic carbocycles. The summed E-state index contributed by atoms with van der Waals surface area (Å²) in [5.41, 5.74) is 2.99. The number of carbonyl (C=O) groups excluding carboxylic acids is 2. The SMILES string of the molecule is C=CCOC(=O)C1=C(C)N=C2S[C@@H](CC)C(=O)N2[C@@H]1c1ccc(C)cc1. The normalized spacial score (nSPS) is 22.2. The quantitative estimate of drug-likeness (QED) is 0.585. The van der Waals surface area contributed by atoms with Crippen LogP contribution in [0.3, 0.4) is 0 Å². The molecule has 136 valence electrons. The van der Waals surface area contributed by atoms with Crippen LogP contribution in [0.2, 0.25) is 0 Å². The van der Waals surface area contributed by atoms with Gasteiger partial charge in [0.2, 0.25) is 5.91 Å². The van der Waals surface area contributed by atoms with E-state index in [1.54, 1.807) is 11.8 Å². The van der Waals surface area contributed by atoms with Crippen molar-refractivity contribution in [2.45, 2.75) is 38.5 Å². The van der Waals surface area contributed by atoms with Gasteiger partial charge in [0.05, 0.1) is 22.6 Å². The highest BCUT2D eigenvalue weighted by atomic mass is 32.2. The van der Waals surface area contributed by atoms with Gasteiger partial charge in [-0.3, -0.25) is 9.69 Å². The van der Waals surface area contributed by atoms with Crippen molar-refractivity contribution in [3.8, 4) is 0 Å². The van der Waals surface area contributed by atoms with Gasteiger partial charge in [-0.05, 0) is 25.8 Å². The molecule has 2 aliphatic heterocycles. The molecule has 26 heavy (non-hydrogen) atoms. The number of esters is 1. The zero-order valence-electron chi connectivity index (χ0n) is 15.2. The van der Waals surface area contributed by atoms with Gasteiger partial charge in [0.15, 0.2) is 5.17 Å². The van der Waals surface area contributed by atoms with E-state index in [1.165, 1.54) is 17.8 Å². The van der Waals surface area contributed by atoms with Crippen molar-refractivity contribution in [3.05, 3.63) is 59.3 Å². The second-order valence-corrected chi connectivity index (χ2v) is 7.49. The Balaban J connectivity index is 2.10. The highest BCUT2D eigenvalue weighted by molar-refractivity contribution is 8.15. The summed E-state index contributed by atoms with van der Waals surface area (Å²) in [6.07, 6.45) is 2.24. The van der Waals surface area contributed by atoms with Gasteiger partial charge in [0.1, 0.15) is 6.61 Å². The van der Waals surface area contributed by atoms with Crippen LogP contribution in [0.1, 0.15) is 37.4 Å². The minimum atomic E-state index is -0.517. The maximum atomic E-state index is 12.9. The summed E-state index contributed by atoms with van der Waals surface area (Å²) < 4.78 is 5.28. The molecule has 2 atom stereocenters. The third-order valence-corrected chi connectivity index (χ3v) is 5.79. The Kier molecular flexibility index (Phi) is 5.32. The third-order valence-electron chi connectivity index (χ3n) is 4.47. The van der Waals surface area contributed by atoms with Crippen molar-refractivity contribution < 1.29 is 14.3 Å². The standard InChI is InChI=1S/C20H22N2O3S/c1-5-11-25-19(24)16-13(4)21-20-22(18(23)15(6-2)26-20)17(16)14-9-7-12(3)8-10-14/h5,7-10,15,17H,1,6,11H2,2-4H3/t15-,17+/m0/s1. The molecular weight excluding hydrogens is 348 g/mol. The summed E-state index contributed by atoms with van der Waals surface area (Å²) in [7, 11) is 0. The van der Waals surface area contributed by atoms with Crippen molar-refractivity contribution in [3.63, 3.8) is 0 Å².